The molecule has 0 aliphatic heterocycles. The van der Waals surface area contributed by atoms with Gasteiger partial charge in [0.15, 0.2) is 0 Å². The zero-order valence-corrected chi connectivity index (χ0v) is 12.3. The van der Waals surface area contributed by atoms with Gasteiger partial charge in [0, 0.05) is 13.1 Å². The molecular weight excluding hydrogens is 238 g/mol. The Hall–Kier alpha value is -1.35. The van der Waals surface area contributed by atoms with E-state index in [1.807, 2.05) is 0 Å². The highest BCUT2D eigenvalue weighted by atomic mass is 16.5. The van der Waals surface area contributed by atoms with Crippen LogP contribution >= 0.6 is 0 Å². The molecule has 0 radical (unpaired) electrons. The first-order chi connectivity index (χ1) is 9.00. The number of methoxy groups -OCH3 is 1. The number of nitrogens with one attached hydrogen (secondary N) is 1. The molecule has 0 amide bonds. The predicted molar refractivity (Wildman–Crippen MR) is 76.0 cm³/mol. The lowest BCUT2D eigenvalue weighted by molar-refractivity contribution is -0.146. The molecule has 0 saturated heterocycles. The minimum atomic E-state index is -0.248. The molecule has 1 aliphatic rings. The first kappa shape index (κ1) is 14.1. The minimum Gasteiger partial charge on any atom is -0.469 e. The van der Waals surface area contributed by atoms with E-state index in [0.29, 0.717) is 6.54 Å². The Morgan fingerprint density at radius 1 is 1.26 bits per heavy atom. The van der Waals surface area contributed by atoms with E-state index >= 15 is 0 Å². The fourth-order valence-electron chi connectivity index (χ4n) is 2.46. The maximum Gasteiger partial charge on any atom is 0.313 e. The summed E-state index contributed by atoms with van der Waals surface area (Å²) in [6.45, 7) is 7.98. The number of carbonyl (C=O) groups is 1. The quantitative estimate of drug-likeness (QED) is 0.828. The Morgan fingerprint density at radius 3 is 2.53 bits per heavy atom. The summed E-state index contributed by atoms with van der Waals surface area (Å²) in [5, 5.41) is 3.41. The molecule has 3 nitrogen and oxygen atoms in total. The lowest BCUT2D eigenvalue weighted by atomic mass is 9.98. The van der Waals surface area contributed by atoms with Gasteiger partial charge in [0.25, 0.3) is 0 Å². The molecule has 0 bridgehead atoms. The average molecular weight is 261 g/mol. The van der Waals surface area contributed by atoms with Crippen molar-refractivity contribution in [3.05, 3.63) is 34.4 Å². The van der Waals surface area contributed by atoms with Gasteiger partial charge in [0.05, 0.1) is 12.5 Å². The van der Waals surface area contributed by atoms with E-state index in [0.717, 1.165) is 19.4 Å². The molecule has 104 valence electrons. The minimum absolute atomic E-state index is 0.0724. The summed E-state index contributed by atoms with van der Waals surface area (Å²) in [5.74, 6) is -0.0724. The van der Waals surface area contributed by atoms with Crippen molar-refractivity contribution in [1.29, 1.82) is 0 Å². The molecule has 1 aromatic carbocycles. The second-order valence-electron chi connectivity index (χ2n) is 5.67. The van der Waals surface area contributed by atoms with Crippen LogP contribution in [0.25, 0.3) is 0 Å². The molecule has 1 fully saturated rings. The van der Waals surface area contributed by atoms with Crippen LogP contribution in [-0.4, -0.2) is 19.6 Å². The topological polar surface area (TPSA) is 38.3 Å². The summed E-state index contributed by atoms with van der Waals surface area (Å²) in [6, 6.07) is 4.33. The average Bonchev–Trinajstić information content (AvgIpc) is 3.19. The molecule has 0 aromatic heterocycles. The van der Waals surface area contributed by atoms with Gasteiger partial charge in [0.1, 0.15) is 0 Å². The van der Waals surface area contributed by atoms with Crippen LogP contribution in [0.15, 0.2) is 12.1 Å². The Balaban J connectivity index is 1.94. The van der Waals surface area contributed by atoms with Gasteiger partial charge >= 0.3 is 5.97 Å². The van der Waals surface area contributed by atoms with Gasteiger partial charge in [-0.25, -0.2) is 0 Å². The summed E-state index contributed by atoms with van der Waals surface area (Å²) < 4.78 is 4.86. The number of rotatable bonds is 5. The van der Waals surface area contributed by atoms with E-state index in [-0.39, 0.29) is 11.4 Å². The van der Waals surface area contributed by atoms with Crippen molar-refractivity contribution in [3.63, 3.8) is 0 Å². The van der Waals surface area contributed by atoms with E-state index in [4.69, 9.17) is 4.74 Å². The van der Waals surface area contributed by atoms with E-state index in [2.05, 4.69) is 38.2 Å². The van der Waals surface area contributed by atoms with Crippen LogP contribution in [0.5, 0.6) is 0 Å². The predicted octanol–water partition coefficient (Wildman–Crippen LogP) is 2.65. The second kappa shape index (κ2) is 5.33. The number of aryl methyl sites for hydroxylation is 1. The van der Waals surface area contributed by atoms with Crippen molar-refractivity contribution in [2.45, 2.75) is 40.2 Å². The van der Waals surface area contributed by atoms with Gasteiger partial charge in [-0.15, -0.1) is 0 Å². The van der Waals surface area contributed by atoms with Crippen molar-refractivity contribution < 1.29 is 9.53 Å². The van der Waals surface area contributed by atoms with E-state index in [1.54, 1.807) is 0 Å². The summed E-state index contributed by atoms with van der Waals surface area (Å²) in [5.41, 5.74) is 5.09. The van der Waals surface area contributed by atoms with Gasteiger partial charge in [0.2, 0.25) is 0 Å². The van der Waals surface area contributed by atoms with E-state index < -0.39 is 0 Å². The SMILES string of the molecule is COC(=O)C1(CNCc2ccc(C)c(C)c2C)CC1. The smallest absolute Gasteiger partial charge is 0.313 e. The van der Waals surface area contributed by atoms with Crippen LogP contribution in [0, 0.1) is 26.2 Å². The standard InChI is InChI=1S/C16H23NO2/c1-11-5-6-14(13(3)12(11)2)9-17-10-16(7-8-16)15(18)19-4/h5-6,17H,7-10H2,1-4H3. The number of carbonyl (C=O) groups excluding carboxylic acids is 1. The third kappa shape index (κ3) is 2.81. The van der Waals surface area contributed by atoms with Gasteiger partial charge in [-0.3, -0.25) is 4.79 Å². The molecular formula is C16H23NO2. The molecule has 1 aromatic rings. The van der Waals surface area contributed by atoms with Crippen LogP contribution in [0.4, 0.5) is 0 Å². The zero-order valence-electron chi connectivity index (χ0n) is 12.3. The van der Waals surface area contributed by atoms with Crippen molar-refractivity contribution in [2.75, 3.05) is 13.7 Å². The van der Waals surface area contributed by atoms with Crippen LogP contribution in [-0.2, 0) is 16.1 Å². The molecule has 1 N–H and O–H groups in total. The molecule has 0 unspecified atom stereocenters. The van der Waals surface area contributed by atoms with Crippen LogP contribution in [0.3, 0.4) is 0 Å². The van der Waals surface area contributed by atoms with Crippen LogP contribution in [0.2, 0.25) is 0 Å². The Kier molecular flexibility index (Phi) is 3.95. The largest absolute Gasteiger partial charge is 0.469 e. The number of hydrogen-bond acceptors (Lipinski definition) is 3. The Morgan fingerprint density at radius 2 is 1.95 bits per heavy atom. The van der Waals surface area contributed by atoms with Crippen LogP contribution in [0.1, 0.15) is 35.1 Å². The highest BCUT2D eigenvalue weighted by Gasteiger charge is 2.50. The van der Waals surface area contributed by atoms with Crippen molar-refractivity contribution in [1.82, 2.24) is 5.32 Å². The lowest BCUT2D eigenvalue weighted by Crippen LogP contribution is -2.30. The maximum atomic E-state index is 11.6. The monoisotopic (exact) mass is 261 g/mol. The fraction of sp³-hybridized carbons (Fsp3) is 0.562. The number of ether oxygens (including phenoxy) is 1. The van der Waals surface area contributed by atoms with Gasteiger partial charge < -0.3 is 10.1 Å². The van der Waals surface area contributed by atoms with E-state index in [1.165, 1.54) is 29.4 Å². The highest BCUT2D eigenvalue weighted by molar-refractivity contribution is 5.80. The maximum absolute atomic E-state index is 11.6. The molecule has 3 heteroatoms. The van der Waals surface area contributed by atoms with Crippen LogP contribution < -0.4 is 5.32 Å². The van der Waals surface area contributed by atoms with Gasteiger partial charge in [-0.1, -0.05) is 12.1 Å². The van der Waals surface area contributed by atoms with Crippen molar-refractivity contribution in [3.8, 4) is 0 Å². The number of hydrogen-bond donors (Lipinski definition) is 1. The summed E-state index contributed by atoms with van der Waals surface area (Å²) in [7, 11) is 1.47. The molecule has 19 heavy (non-hydrogen) atoms. The third-order valence-electron chi connectivity index (χ3n) is 4.42. The van der Waals surface area contributed by atoms with E-state index in [9.17, 15) is 4.79 Å². The molecule has 0 heterocycles. The summed E-state index contributed by atoms with van der Waals surface area (Å²) in [4.78, 5) is 11.6. The molecule has 0 atom stereocenters. The third-order valence-corrected chi connectivity index (χ3v) is 4.42. The summed E-state index contributed by atoms with van der Waals surface area (Å²) in [6.07, 6.45) is 1.89. The number of esters is 1. The summed E-state index contributed by atoms with van der Waals surface area (Å²) >= 11 is 0. The fourth-order valence-corrected chi connectivity index (χ4v) is 2.46. The normalized spacial score (nSPS) is 16.2. The van der Waals surface area contributed by atoms with Gasteiger partial charge in [-0.2, -0.15) is 0 Å². The zero-order chi connectivity index (χ0) is 14.0. The van der Waals surface area contributed by atoms with Gasteiger partial charge in [-0.05, 0) is 55.9 Å². The first-order valence-corrected chi connectivity index (χ1v) is 6.85. The Bertz CT molecular complexity index is 490. The number of benzene rings is 1. The first-order valence-electron chi connectivity index (χ1n) is 6.85. The molecule has 1 saturated carbocycles. The Labute approximate surface area is 115 Å². The molecule has 1 aliphatic carbocycles. The molecule has 2 rings (SSSR count). The second-order valence-corrected chi connectivity index (χ2v) is 5.67. The molecule has 0 spiro atoms. The van der Waals surface area contributed by atoms with Crippen molar-refractivity contribution >= 4 is 5.97 Å². The lowest BCUT2D eigenvalue weighted by Gasteiger charge is -2.15. The van der Waals surface area contributed by atoms with Crippen molar-refractivity contribution in [2.24, 2.45) is 5.41 Å². The highest BCUT2D eigenvalue weighted by Crippen LogP contribution is 2.46.